The van der Waals surface area contributed by atoms with E-state index >= 15 is 0 Å². The molecule has 6 nitrogen and oxygen atoms in total. The molecule has 29 heavy (non-hydrogen) atoms. The molecule has 1 amide bonds. The van der Waals surface area contributed by atoms with Gasteiger partial charge in [0.25, 0.3) is 0 Å². The minimum Gasteiger partial charge on any atom is -0.316 e. The smallest absolute Gasteiger partial charge is 0.236 e. The first-order chi connectivity index (χ1) is 13.8. The van der Waals surface area contributed by atoms with Crippen molar-refractivity contribution in [2.75, 3.05) is 18.4 Å². The maximum absolute atomic E-state index is 12.6. The first kappa shape index (κ1) is 21.2. The van der Waals surface area contributed by atoms with Crippen LogP contribution in [0.5, 0.6) is 0 Å². The standard InChI is InChI=1S/C21H23N3O3S2/c1-15-16(2)28-21(19(15)14-22)23-20(25)18-8-11-24(12-9-18)29(26,27)13-10-17-6-4-3-5-7-17/h3-7,10,13,18H,8-9,11-12H2,1-2H3,(H,23,25)/b13-10+. The zero-order chi connectivity index (χ0) is 21.0. The Kier molecular flexibility index (Phi) is 6.52. The van der Waals surface area contributed by atoms with Gasteiger partial charge in [-0.25, -0.2) is 8.42 Å². The van der Waals surface area contributed by atoms with Gasteiger partial charge in [-0.05, 0) is 43.9 Å². The normalized spacial score (nSPS) is 16.0. The third-order valence-corrected chi connectivity index (χ3v) is 7.84. The van der Waals surface area contributed by atoms with Gasteiger partial charge in [-0.2, -0.15) is 9.57 Å². The molecule has 0 saturated carbocycles. The summed E-state index contributed by atoms with van der Waals surface area (Å²) < 4.78 is 26.5. The molecular weight excluding hydrogens is 406 g/mol. The summed E-state index contributed by atoms with van der Waals surface area (Å²) in [7, 11) is -3.52. The molecule has 1 aromatic carbocycles. The van der Waals surface area contributed by atoms with Crippen molar-refractivity contribution in [3.63, 3.8) is 0 Å². The van der Waals surface area contributed by atoms with Gasteiger partial charge in [0.05, 0.1) is 5.56 Å². The minimum absolute atomic E-state index is 0.153. The second-order valence-corrected chi connectivity index (χ2v) is 10.1. The zero-order valence-corrected chi connectivity index (χ0v) is 18.0. The highest BCUT2D eigenvalue weighted by atomic mass is 32.2. The second kappa shape index (κ2) is 8.91. The molecule has 0 atom stereocenters. The van der Waals surface area contributed by atoms with Crippen molar-refractivity contribution in [1.29, 1.82) is 5.26 Å². The summed E-state index contributed by atoms with van der Waals surface area (Å²) in [5.41, 5.74) is 2.21. The van der Waals surface area contributed by atoms with E-state index in [4.69, 9.17) is 0 Å². The number of carbonyl (C=O) groups is 1. The summed E-state index contributed by atoms with van der Waals surface area (Å²) in [6.45, 7) is 4.38. The van der Waals surface area contributed by atoms with E-state index in [1.807, 2.05) is 44.2 Å². The van der Waals surface area contributed by atoms with Crippen LogP contribution in [-0.4, -0.2) is 31.7 Å². The minimum atomic E-state index is -3.52. The van der Waals surface area contributed by atoms with Crippen LogP contribution in [0.2, 0.25) is 0 Å². The Hall–Kier alpha value is -2.47. The number of aryl methyl sites for hydroxylation is 1. The molecule has 1 N–H and O–H groups in total. The van der Waals surface area contributed by atoms with E-state index in [9.17, 15) is 18.5 Å². The van der Waals surface area contributed by atoms with Gasteiger partial charge in [0.15, 0.2) is 0 Å². The van der Waals surface area contributed by atoms with Gasteiger partial charge in [0, 0.05) is 29.3 Å². The van der Waals surface area contributed by atoms with Gasteiger partial charge in [0.2, 0.25) is 15.9 Å². The van der Waals surface area contributed by atoms with Crippen LogP contribution in [0.3, 0.4) is 0 Å². The fourth-order valence-corrected chi connectivity index (χ4v) is 5.49. The average molecular weight is 430 g/mol. The van der Waals surface area contributed by atoms with Gasteiger partial charge >= 0.3 is 0 Å². The van der Waals surface area contributed by atoms with Crippen LogP contribution >= 0.6 is 11.3 Å². The fraction of sp³-hybridized carbons (Fsp3) is 0.333. The fourth-order valence-electron chi connectivity index (χ4n) is 3.25. The summed E-state index contributed by atoms with van der Waals surface area (Å²) in [4.78, 5) is 13.6. The number of piperidine rings is 1. The largest absolute Gasteiger partial charge is 0.316 e. The molecule has 0 bridgehead atoms. The van der Waals surface area contributed by atoms with Crippen LogP contribution in [0.1, 0.15) is 34.4 Å². The number of anilines is 1. The van der Waals surface area contributed by atoms with E-state index in [0.29, 0.717) is 36.5 Å². The zero-order valence-electron chi connectivity index (χ0n) is 16.4. The predicted octanol–water partition coefficient (Wildman–Crippen LogP) is 3.89. The van der Waals surface area contributed by atoms with E-state index in [2.05, 4.69) is 11.4 Å². The maximum Gasteiger partial charge on any atom is 0.236 e. The summed E-state index contributed by atoms with van der Waals surface area (Å²) in [5, 5.41) is 14.0. The molecule has 0 radical (unpaired) electrons. The Balaban J connectivity index is 1.60. The van der Waals surface area contributed by atoms with Gasteiger partial charge in [-0.1, -0.05) is 30.3 Å². The molecule has 0 unspecified atom stereocenters. The number of rotatable bonds is 5. The van der Waals surface area contributed by atoms with E-state index < -0.39 is 10.0 Å². The van der Waals surface area contributed by atoms with Crippen LogP contribution in [-0.2, 0) is 14.8 Å². The lowest BCUT2D eigenvalue weighted by Crippen LogP contribution is -2.40. The van der Waals surface area contributed by atoms with Crippen molar-refractivity contribution in [1.82, 2.24) is 4.31 Å². The molecule has 1 fully saturated rings. The van der Waals surface area contributed by atoms with E-state index in [0.717, 1.165) is 16.0 Å². The van der Waals surface area contributed by atoms with E-state index in [-0.39, 0.29) is 11.8 Å². The van der Waals surface area contributed by atoms with Crippen LogP contribution in [0.4, 0.5) is 5.00 Å². The lowest BCUT2D eigenvalue weighted by atomic mass is 9.97. The highest BCUT2D eigenvalue weighted by molar-refractivity contribution is 7.92. The van der Waals surface area contributed by atoms with Gasteiger partial charge < -0.3 is 5.32 Å². The van der Waals surface area contributed by atoms with Crippen molar-refractivity contribution < 1.29 is 13.2 Å². The number of nitriles is 1. The summed E-state index contributed by atoms with van der Waals surface area (Å²) in [5.74, 6) is -0.423. The highest BCUT2D eigenvalue weighted by Crippen LogP contribution is 2.32. The number of benzene rings is 1. The number of hydrogen-bond donors (Lipinski definition) is 1. The number of sulfonamides is 1. The number of amides is 1. The van der Waals surface area contributed by atoms with Crippen LogP contribution in [0.15, 0.2) is 35.7 Å². The first-order valence-electron chi connectivity index (χ1n) is 9.36. The van der Waals surface area contributed by atoms with Gasteiger partial charge in [-0.3, -0.25) is 4.79 Å². The SMILES string of the molecule is Cc1sc(NC(=O)C2CCN(S(=O)(=O)/C=C/c3ccccc3)CC2)c(C#N)c1C. The van der Waals surface area contributed by atoms with Crippen LogP contribution in [0.25, 0.3) is 6.08 Å². The lowest BCUT2D eigenvalue weighted by molar-refractivity contribution is -0.120. The number of hydrogen-bond acceptors (Lipinski definition) is 5. The van der Waals surface area contributed by atoms with Crippen LogP contribution < -0.4 is 5.32 Å². The molecule has 1 aliphatic heterocycles. The molecule has 2 heterocycles. The molecule has 152 valence electrons. The average Bonchev–Trinajstić information content (AvgIpc) is 3.00. The Labute approximate surface area is 175 Å². The van der Waals surface area contributed by atoms with Crippen molar-refractivity contribution in [3.8, 4) is 6.07 Å². The molecular formula is C21H23N3O3S2. The Morgan fingerprint density at radius 1 is 1.24 bits per heavy atom. The molecule has 0 spiro atoms. The molecule has 1 aromatic heterocycles. The lowest BCUT2D eigenvalue weighted by Gasteiger charge is -2.29. The Bertz CT molecular complexity index is 1060. The third kappa shape index (κ3) is 4.93. The molecule has 1 aliphatic rings. The molecule has 0 aliphatic carbocycles. The topological polar surface area (TPSA) is 90.3 Å². The van der Waals surface area contributed by atoms with Crippen molar-refractivity contribution in [2.24, 2.45) is 5.92 Å². The molecule has 2 aromatic rings. The van der Waals surface area contributed by atoms with E-state index in [1.165, 1.54) is 21.1 Å². The molecule has 1 saturated heterocycles. The maximum atomic E-state index is 12.6. The second-order valence-electron chi connectivity index (χ2n) is 7.02. The third-order valence-electron chi connectivity index (χ3n) is 5.15. The van der Waals surface area contributed by atoms with Crippen molar-refractivity contribution >= 4 is 38.3 Å². The van der Waals surface area contributed by atoms with Crippen molar-refractivity contribution in [2.45, 2.75) is 26.7 Å². The molecule has 8 heteroatoms. The summed E-state index contributed by atoms with van der Waals surface area (Å²) in [6.07, 6.45) is 2.49. The number of nitrogens with one attached hydrogen (secondary N) is 1. The Morgan fingerprint density at radius 3 is 2.52 bits per heavy atom. The Morgan fingerprint density at radius 2 is 1.90 bits per heavy atom. The number of carbonyl (C=O) groups excluding carboxylic acids is 1. The number of nitrogens with zero attached hydrogens (tertiary/aromatic N) is 2. The quantitative estimate of drug-likeness (QED) is 0.781. The van der Waals surface area contributed by atoms with Gasteiger partial charge in [0.1, 0.15) is 11.1 Å². The molecule has 3 rings (SSSR count). The summed E-state index contributed by atoms with van der Waals surface area (Å²) >= 11 is 1.40. The highest BCUT2D eigenvalue weighted by Gasteiger charge is 2.30. The van der Waals surface area contributed by atoms with Crippen LogP contribution in [0, 0.1) is 31.1 Å². The van der Waals surface area contributed by atoms with E-state index in [1.54, 1.807) is 6.08 Å². The van der Waals surface area contributed by atoms with Gasteiger partial charge in [-0.15, -0.1) is 11.3 Å². The predicted molar refractivity (Wildman–Crippen MR) is 116 cm³/mol. The first-order valence-corrected chi connectivity index (χ1v) is 11.7. The monoisotopic (exact) mass is 429 g/mol. The number of thiophene rings is 1. The summed E-state index contributed by atoms with van der Waals surface area (Å²) in [6, 6.07) is 11.4. The van der Waals surface area contributed by atoms with Crippen molar-refractivity contribution in [3.05, 3.63) is 57.3 Å².